The maximum atomic E-state index is 10.9. The Kier molecular flexibility index (Phi) is 9.55. The highest BCUT2D eigenvalue weighted by molar-refractivity contribution is 5.97. The Morgan fingerprint density at radius 1 is 0.929 bits per heavy atom. The van der Waals surface area contributed by atoms with Gasteiger partial charge in [0, 0.05) is 19.3 Å². The van der Waals surface area contributed by atoms with E-state index in [4.69, 9.17) is 22.9 Å². The van der Waals surface area contributed by atoms with E-state index in [1.54, 1.807) is 15.6 Å². The number of nitrogens with two attached hydrogens (primary N) is 4. The molecule has 0 aliphatic carbocycles. The zero-order valence-corrected chi connectivity index (χ0v) is 16.7. The van der Waals surface area contributed by atoms with Crippen LogP contribution in [0, 0.1) is 0 Å². The summed E-state index contributed by atoms with van der Waals surface area (Å²) in [6.45, 7) is 5.78. The summed E-state index contributed by atoms with van der Waals surface area (Å²) in [5.41, 5.74) is 22.0. The van der Waals surface area contributed by atoms with E-state index in [0.29, 0.717) is 16.9 Å². The molecule has 0 unspecified atom stereocenters. The van der Waals surface area contributed by atoms with Gasteiger partial charge in [-0.15, -0.1) is 0 Å². The van der Waals surface area contributed by atoms with Crippen molar-refractivity contribution in [3.63, 3.8) is 0 Å². The molecule has 2 heterocycles. The first-order valence-electron chi connectivity index (χ1n) is 9.55. The third-order valence-electron chi connectivity index (χ3n) is 4.17. The lowest BCUT2D eigenvalue weighted by Crippen LogP contribution is -2.13. The molecule has 0 fully saturated rings. The zero-order valence-electron chi connectivity index (χ0n) is 16.7. The molecule has 0 atom stereocenters. The van der Waals surface area contributed by atoms with Crippen LogP contribution in [-0.4, -0.2) is 31.4 Å². The standard InChI is InChI=1S/2C9H16N4O/c1-2-3-4-5-13-6-7(9(11)14)8(10)12-13;1-2-3-4-5-13-8(10)7(6-12-13)9(11)14/h6H,2-5H2,1H3,(H2,10,12)(H2,11,14);6H,2-5,10H2,1H3,(H2,11,14). The molecule has 0 saturated carbocycles. The maximum absolute atomic E-state index is 10.9. The van der Waals surface area contributed by atoms with E-state index in [1.807, 2.05) is 0 Å². The average molecular weight is 393 g/mol. The Balaban J connectivity index is 0.000000280. The zero-order chi connectivity index (χ0) is 21.1. The molecule has 10 heteroatoms. The fourth-order valence-electron chi connectivity index (χ4n) is 2.54. The number of nitrogens with zero attached hydrogens (tertiary/aromatic N) is 4. The minimum absolute atomic E-state index is 0.217. The number of aromatic nitrogens is 4. The van der Waals surface area contributed by atoms with Crippen LogP contribution in [0.3, 0.4) is 0 Å². The number of unbranched alkanes of at least 4 members (excludes halogenated alkanes) is 4. The minimum Gasteiger partial charge on any atom is -0.383 e. The van der Waals surface area contributed by atoms with Crippen molar-refractivity contribution in [2.24, 2.45) is 11.5 Å². The van der Waals surface area contributed by atoms with Crippen molar-refractivity contribution in [1.82, 2.24) is 19.6 Å². The van der Waals surface area contributed by atoms with Gasteiger partial charge in [0.05, 0.1) is 6.20 Å². The van der Waals surface area contributed by atoms with Crippen LogP contribution < -0.4 is 22.9 Å². The molecule has 2 rings (SSSR count). The molecule has 0 aliphatic heterocycles. The van der Waals surface area contributed by atoms with E-state index in [1.165, 1.54) is 6.20 Å². The number of rotatable bonds is 10. The van der Waals surface area contributed by atoms with Crippen molar-refractivity contribution in [3.05, 3.63) is 23.5 Å². The first kappa shape index (κ1) is 23.0. The number of hydrogen-bond donors (Lipinski definition) is 4. The summed E-state index contributed by atoms with van der Waals surface area (Å²) in [5, 5.41) is 8.00. The van der Waals surface area contributed by atoms with Crippen molar-refractivity contribution in [1.29, 1.82) is 0 Å². The predicted molar refractivity (Wildman–Crippen MR) is 109 cm³/mol. The minimum atomic E-state index is -0.524. The Hall–Kier alpha value is -3.04. The molecule has 2 amide bonds. The second-order valence-corrected chi connectivity index (χ2v) is 6.50. The number of carbonyl (C=O) groups is 2. The molecule has 0 aromatic carbocycles. The van der Waals surface area contributed by atoms with Crippen LogP contribution in [0.15, 0.2) is 12.4 Å². The van der Waals surface area contributed by atoms with Crippen LogP contribution >= 0.6 is 0 Å². The molecule has 0 aliphatic rings. The van der Waals surface area contributed by atoms with Gasteiger partial charge in [-0.05, 0) is 12.8 Å². The molecule has 156 valence electrons. The summed E-state index contributed by atoms with van der Waals surface area (Å²) >= 11 is 0. The van der Waals surface area contributed by atoms with E-state index in [2.05, 4.69) is 24.0 Å². The van der Waals surface area contributed by atoms with Gasteiger partial charge in [-0.3, -0.25) is 14.3 Å². The largest absolute Gasteiger partial charge is 0.383 e. The van der Waals surface area contributed by atoms with Gasteiger partial charge in [-0.1, -0.05) is 39.5 Å². The summed E-state index contributed by atoms with van der Waals surface area (Å²) < 4.78 is 3.29. The highest BCUT2D eigenvalue weighted by Crippen LogP contribution is 2.11. The van der Waals surface area contributed by atoms with Crippen LogP contribution in [0.1, 0.15) is 73.1 Å². The van der Waals surface area contributed by atoms with E-state index in [-0.39, 0.29) is 5.82 Å². The predicted octanol–water partition coefficient (Wildman–Crippen LogP) is 1.51. The Morgan fingerprint density at radius 3 is 1.96 bits per heavy atom. The third-order valence-corrected chi connectivity index (χ3v) is 4.17. The molecular formula is C18H32N8O2. The van der Waals surface area contributed by atoms with Crippen LogP contribution in [0.4, 0.5) is 11.6 Å². The molecule has 28 heavy (non-hydrogen) atoms. The molecule has 10 nitrogen and oxygen atoms in total. The van der Waals surface area contributed by atoms with E-state index in [9.17, 15) is 9.59 Å². The molecule has 0 saturated heterocycles. The molecule has 8 N–H and O–H groups in total. The Morgan fingerprint density at radius 2 is 1.50 bits per heavy atom. The lowest BCUT2D eigenvalue weighted by molar-refractivity contribution is 0.0992. The first-order chi connectivity index (χ1) is 13.3. The van der Waals surface area contributed by atoms with Gasteiger partial charge >= 0.3 is 0 Å². The fraction of sp³-hybridized carbons (Fsp3) is 0.556. The molecule has 0 spiro atoms. The molecule has 0 radical (unpaired) electrons. The SMILES string of the molecule is CCCCCn1cc(C(N)=O)c(N)n1.CCCCCn1ncc(C(N)=O)c1N. The quantitative estimate of drug-likeness (QED) is 0.446. The number of amides is 2. The van der Waals surface area contributed by atoms with Crippen molar-refractivity contribution in [2.45, 2.75) is 65.5 Å². The smallest absolute Gasteiger partial charge is 0.254 e. The number of hydrogen-bond acceptors (Lipinski definition) is 6. The monoisotopic (exact) mass is 392 g/mol. The fourth-order valence-corrected chi connectivity index (χ4v) is 2.54. The number of anilines is 2. The number of nitrogen functional groups attached to an aromatic ring is 2. The van der Waals surface area contributed by atoms with Gasteiger partial charge in [0.2, 0.25) is 0 Å². The number of carbonyl (C=O) groups excluding carboxylic acids is 2. The van der Waals surface area contributed by atoms with E-state index < -0.39 is 11.8 Å². The van der Waals surface area contributed by atoms with Gasteiger partial charge in [0.15, 0.2) is 5.82 Å². The van der Waals surface area contributed by atoms with Gasteiger partial charge in [-0.25, -0.2) is 4.68 Å². The number of aryl methyl sites for hydroxylation is 2. The molecule has 2 aromatic heterocycles. The highest BCUT2D eigenvalue weighted by Gasteiger charge is 2.11. The Labute approximate surface area is 165 Å². The first-order valence-corrected chi connectivity index (χ1v) is 9.55. The highest BCUT2D eigenvalue weighted by atomic mass is 16.1. The van der Waals surface area contributed by atoms with Crippen molar-refractivity contribution < 1.29 is 9.59 Å². The third kappa shape index (κ3) is 6.93. The lowest BCUT2D eigenvalue weighted by atomic mass is 10.2. The summed E-state index contributed by atoms with van der Waals surface area (Å²) in [6, 6.07) is 0. The lowest BCUT2D eigenvalue weighted by Gasteiger charge is -2.03. The second kappa shape index (κ2) is 11.6. The van der Waals surface area contributed by atoms with Crippen LogP contribution in [0.5, 0.6) is 0 Å². The van der Waals surface area contributed by atoms with E-state index >= 15 is 0 Å². The van der Waals surface area contributed by atoms with Crippen molar-refractivity contribution in [3.8, 4) is 0 Å². The summed E-state index contributed by atoms with van der Waals surface area (Å²) in [5.74, 6) is -0.462. The topological polar surface area (TPSA) is 174 Å². The Bertz CT molecular complexity index is 754. The average Bonchev–Trinajstić information content (AvgIpc) is 3.19. The summed E-state index contributed by atoms with van der Waals surface area (Å²) in [7, 11) is 0. The van der Waals surface area contributed by atoms with Gasteiger partial charge in [-0.2, -0.15) is 10.2 Å². The van der Waals surface area contributed by atoms with Gasteiger partial charge in [0.25, 0.3) is 11.8 Å². The number of primary amides is 2. The summed E-state index contributed by atoms with van der Waals surface area (Å²) in [4.78, 5) is 21.7. The van der Waals surface area contributed by atoms with E-state index in [0.717, 1.165) is 51.6 Å². The molecule has 2 aromatic rings. The van der Waals surface area contributed by atoms with Crippen molar-refractivity contribution >= 4 is 23.5 Å². The van der Waals surface area contributed by atoms with Gasteiger partial charge in [0.1, 0.15) is 16.9 Å². The molecular weight excluding hydrogens is 360 g/mol. The van der Waals surface area contributed by atoms with Crippen molar-refractivity contribution in [2.75, 3.05) is 11.5 Å². The van der Waals surface area contributed by atoms with Crippen LogP contribution in [-0.2, 0) is 13.1 Å². The van der Waals surface area contributed by atoms with Crippen LogP contribution in [0.25, 0.3) is 0 Å². The van der Waals surface area contributed by atoms with Crippen LogP contribution in [0.2, 0.25) is 0 Å². The normalized spacial score (nSPS) is 10.4. The van der Waals surface area contributed by atoms with Gasteiger partial charge < -0.3 is 22.9 Å². The maximum Gasteiger partial charge on any atom is 0.254 e. The molecule has 0 bridgehead atoms. The second-order valence-electron chi connectivity index (χ2n) is 6.50. The summed E-state index contributed by atoms with van der Waals surface area (Å²) in [6.07, 6.45) is 9.65.